The molecule has 1 atom stereocenters. The molecular weight excluding hydrogens is 272 g/mol. The largest absolute Gasteiger partial charge is 0.494 e. The van der Waals surface area contributed by atoms with Crippen LogP contribution >= 0.6 is 11.3 Å². The molecule has 0 aliphatic heterocycles. The van der Waals surface area contributed by atoms with Crippen LogP contribution in [0.5, 0.6) is 5.75 Å². The van der Waals surface area contributed by atoms with E-state index in [-0.39, 0.29) is 6.04 Å². The van der Waals surface area contributed by atoms with Crippen molar-refractivity contribution >= 4 is 26.7 Å². The van der Waals surface area contributed by atoms with Crippen LogP contribution in [-0.4, -0.2) is 11.6 Å². The molecule has 0 saturated carbocycles. The predicted molar refractivity (Wildman–Crippen MR) is 81.5 cm³/mol. The van der Waals surface area contributed by atoms with Crippen molar-refractivity contribution in [2.24, 2.45) is 0 Å². The van der Waals surface area contributed by atoms with E-state index in [1.54, 1.807) is 17.6 Å². The number of furan rings is 1. The summed E-state index contributed by atoms with van der Waals surface area (Å²) < 4.78 is 12.0. The second-order valence-corrected chi connectivity index (χ2v) is 5.49. The Bertz CT molecular complexity index is 691. The van der Waals surface area contributed by atoms with Crippen molar-refractivity contribution in [2.45, 2.75) is 19.9 Å². The van der Waals surface area contributed by atoms with Crippen molar-refractivity contribution in [2.75, 3.05) is 11.9 Å². The first-order valence-electron chi connectivity index (χ1n) is 6.59. The van der Waals surface area contributed by atoms with Crippen molar-refractivity contribution in [3.05, 3.63) is 42.4 Å². The Morgan fingerprint density at radius 1 is 1.40 bits per heavy atom. The van der Waals surface area contributed by atoms with Crippen LogP contribution in [0.2, 0.25) is 0 Å². The van der Waals surface area contributed by atoms with Crippen molar-refractivity contribution in [3.8, 4) is 5.75 Å². The number of fused-ring (bicyclic) bond motifs is 1. The zero-order valence-electron chi connectivity index (χ0n) is 11.4. The predicted octanol–water partition coefficient (Wildman–Crippen LogP) is 4.46. The lowest BCUT2D eigenvalue weighted by molar-refractivity contribution is 0.341. The summed E-state index contributed by atoms with van der Waals surface area (Å²) in [6.07, 6.45) is 1.68. The summed E-state index contributed by atoms with van der Waals surface area (Å²) in [5.41, 5.74) is 0.979. The first kappa shape index (κ1) is 13.0. The molecule has 0 spiro atoms. The molecule has 1 N–H and O–H groups in total. The van der Waals surface area contributed by atoms with Crippen LogP contribution in [0.1, 0.15) is 25.6 Å². The van der Waals surface area contributed by atoms with Crippen molar-refractivity contribution in [3.63, 3.8) is 0 Å². The quantitative estimate of drug-likeness (QED) is 0.753. The summed E-state index contributed by atoms with van der Waals surface area (Å²) >= 11 is 1.62. The molecule has 2 aromatic heterocycles. The molecule has 3 rings (SSSR count). The van der Waals surface area contributed by atoms with Crippen LogP contribution in [-0.2, 0) is 0 Å². The minimum atomic E-state index is 0.0944. The Balaban J connectivity index is 1.82. The van der Waals surface area contributed by atoms with E-state index in [0.29, 0.717) is 6.61 Å². The zero-order chi connectivity index (χ0) is 13.9. The smallest absolute Gasteiger partial charge is 0.184 e. The minimum absolute atomic E-state index is 0.0944. The average Bonchev–Trinajstić information content (AvgIpc) is 3.06. The fourth-order valence-electron chi connectivity index (χ4n) is 2.02. The summed E-state index contributed by atoms with van der Waals surface area (Å²) in [5, 5.41) is 4.24. The summed E-state index contributed by atoms with van der Waals surface area (Å²) in [6, 6.07) is 9.90. The Hall–Kier alpha value is -2.01. The third-order valence-electron chi connectivity index (χ3n) is 2.98. The first-order chi connectivity index (χ1) is 9.76. The standard InChI is InChI=1S/C15H16N2O2S/c1-3-18-11-6-7-12-14(9-11)20-15(17-12)16-10(2)13-5-4-8-19-13/h4-10H,3H2,1-2H3,(H,16,17). The monoisotopic (exact) mass is 288 g/mol. The van der Waals surface area contributed by atoms with Gasteiger partial charge in [-0.15, -0.1) is 0 Å². The number of nitrogens with zero attached hydrogens (tertiary/aromatic N) is 1. The number of benzene rings is 1. The maximum atomic E-state index is 5.51. The summed E-state index contributed by atoms with van der Waals surface area (Å²) in [6.45, 7) is 4.70. The number of anilines is 1. The third-order valence-corrected chi connectivity index (χ3v) is 3.93. The first-order valence-corrected chi connectivity index (χ1v) is 7.41. The van der Waals surface area contributed by atoms with E-state index in [9.17, 15) is 0 Å². The Morgan fingerprint density at radius 2 is 2.30 bits per heavy atom. The molecule has 3 aromatic rings. The lowest BCUT2D eigenvalue weighted by Crippen LogP contribution is -2.04. The van der Waals surface area contributed by atoms with E-state index in [1.807, 2.05) is 37.3 Å². The maximum Gasteiger partial charge on any atom is 0.184 e. The summed E-state index contributed by atoms with van der Waals surface area (Å²) in [7, 11) is 0. The highest BCUT2D eigenvalue weighted by Gasteiger charge is 2.11. The van der Waals surface area contributed by atoms with Crippen molar-refractivity contribution < 1.29 is 9.15 Å². The lowest BCUT2D eigenvalue weighted by Gasteiger charge is -2.08. The molecule has 0 bridgehead atoms. The average molecular weight is 288 g/mol. The molecule has 1 unspecified atom stereocenters. The number of hydrogen-bond donors (Lipinski definition) is 1. The van der Waals surface area contributed by atoms with E-state index in [2.05, 4.69) is 17.2 Å². The van der Waals surface area contributed by atoms with E-state index >= 15 is 0 Å². The molecule has 4 nitrogen and oxygen atoms in total. The van der Waals surface area contributed by atoms with Crippen LogP contribution in [0.3, 0.4) is 0 Å². The summed E-state index contributed by atoms with van der Waals surface area (Å²) in [5.74, 6) is 1.79. The number of nitrogens with one attached hydrogen (secondary N) is 1. The molecule has 5 heteroatoms. The highest BCUT2D eigenvalue weighted by Crippen LogP contribution is 2.31. The van der Waals surface area contributed by atoms with Gasteiger partial charge in [-0.3, -0.25) is 0 Å². The van der Waals surface area contributed by atoms with Crippen LogP contribution in [0.25, 0.3) is 10.2 Å². The highest BCUT2D eigenvalue weighted by atomic mass is 32.1. The van der Waals surface area contributed by atoms with Crippen LogP contribution in [0, 0.1) is 0 Å². The van der Waals surface area contributed by atoms with Gasteiger partial charge in [-0.2, -0.15) is 0 Å². The van der Waals surface area contributed by atoms with Gasteiger partial charge in [-0.1, -0.05) is 11.3 Å². The van der Waals surface area contributed by atoms with E-state index in [1.165, 1.54) is 0 Å². The molecule has 0 aliphatic carbocycles. The Kier molecular flexibility index (Phi) is 3.60. The molecule has 0 aliphatic rings. The normalized spacial score (nSPS) is 12.5. The van der Waals surface area contributed by atoms with Crippen molar-refractivity contribution in [1.82, 2.24) is 4.98 Å². The highest BCUT2D eigenvalue weighted by molar-refractivity contribution is 7.22. The van der Waals surface area contributed by atoms with Gasteiger partial charge in [0.1, 0.15) is 11.5 Å². The molecule has 20 heavy (non-hydrogen) atoms. The van der Waals surface area contributed by atoms with Gasteiger partial charge in [0, 0.05) is 0 Å². The zero-order valence-corrected chi connectivity index (χ0v) is 12.2. The molecule has 0 fully saturated rings. The fourth-order valence-corrected chi connectivity index (χ4v) is 3.00. The molecule has 0 saturated heterocycles. The molecule has 1 aromatic carbocycles. The Labute approximate surface area is 121 Å². The summed E-state index contributed by atoms with van der Waals surface area (Å²) in [4.78, 5) is 4.57. The van der Waals surface area contributed by atoms with Gasteiger partial charge < -0.3 is 14.5 Å². The van der Waals surface area contributed by atoms with Gasteiger partial charge in [-0.25, -0.2) is 4.98 Å². The number of rotatable bonds is 5. The van der Waals surface area contributed by atoms with Crippen LogP contribution in [0.4, 0.5) is 5.13 Å². The number of aromatic nitrogens is 1. The lowest BCUT2D eigenvalue weighted by atomic mass is 10.3. The van der Waals surface area contributed by atoms with Gasteiger partial charge >= 0.3 is 0 Å². The van der Waals surface area contributed by atoms with Gasteiger partial charge in [0.15, 0.2) is 5.13 Å². The van der Waals surface area contributed by atoms with Crippen LogP contribution in [0.15, 0.2) is 41.0 Å². The van der Waals surface area contributed by atoms with Crippen molar-refractivity contribution in [1.29, 1.82) is 0 Å². The second-order valence-electron chi connectivity index (χ2n) is 4.46. The topological polar surface area (TPSA) is 47.3 Å². The van der Waals surface area contributed by atoms with Crippen LogP contribution < -0.4 is 10.1 Å². The van der Waals surface area contributed by atoms with Gasteiger partial charge in [0.2, 0.25) is 0 Å². The number of ether oxygens (including phenoxy) is 1. The third kappa shape index (κ3) is 2.63. The molecule has 2 heterocycles. The number of thiazole rings is 1. The van der Waals surface area contributed by atoms with Gasteiger partial charge in [0.05, 0.1) is 29.1 Å². The fraction of sp³-hybridized carbons (Fsp3) is 0.267. The minimum Gasteiger partial charge on any atom is -0.494 e. The second kappa shape index (κ2) is 5.54. The SMILES string of the molecule is CCOc1ccc2nc(NC(C)c3ccco3)sc2c1. The molecular formula is C15H16N2O2S. The number of hydrogen-bond acceptors (Lipinski definition) is 5. The van der Waals surface area contributed by atoms with E-state index in [0.717, 1.165) is 26.9 Å². The molecule has 0 radical (unpaired) electrons. The van der Waals surface area contributed by atoms with Gasteiger partial charge in [0.25, 0.3) is 0 Å². The molecule has 104 valence electrons. The van der Waals surface area contributed by atoms with E-state index < -0.39 is 0 Å². The van der Waals surface area contributed by atoms with Gasteiger partial charge in [-0.05, 0) is 44.2 Å². The Morgan fingerprint density at radius 3 is 3.05 bits per heavy atom. The van der Waals surface area contributed by atoms with E-state index in [4.69, 9.17) is 9.15 Å². The molecule has 0 amide bonds. The maximum absolute atomic E-state index is 5.51.